The number of piperidine rings is 1. The van der Waals surface area contributed by atoms with Crippen LogP contribution in [0.5, 0.6) is 0 Å². The lowest BCUT2D eigenvalue weighted by molar-refractivity contribution is -0.385. The smallest absolute Gasteiger partial charge is 0.326 e. The van der Waals surface area contributed by atoms with E-state index in [1.54, 1.807) is 0 Å². The summed E-state index contributed by atoms with van der Waals surface area (Å²) in [4.78, 5) is 34.9. The normalized spacial score (nSPS) is 18.1. The van der Waals surface area contributed by atoms with E-state index in [1.165, 1.54) is 0 Å². The SMILES string of the molecule is O=C(O)C1CCCCN1C(=O)c1cc(F)cc([N+](=O)[O-])c1Br. The number of amides is 1. The van der Waals surface area contributed by atoms with Crippen molar-refractivity contribution in [2.24, 2.45) is 0 Å². The summed E-state index contributed by atoms with van der Waals surface area (Å²) in [7, 11) is 0. The number of carboxylic acid groups (broad SMARTS) is 1. The van der Waals surface area contributed by atoms with E-state index in [2.05, 4.69) is 15.9 Å². The number of hydrogen-bond donors (Lipinski definition) is 1. The molecule has 1 aliphatic rings. The third kappa shape index (κ3) is 3.08. The average molecular weight is 375 g/mol. The molecule has 0 spiro atoms. The van der Waals surface area contributed by atoms with Gasteiger partial charge in [0.1, 0.15) is 16.3 Å². The molecule has 1 unspecified atom stereocenters. The van der Waals surface area contributed by atoms with Crippen LogP contribution in [0.15, 0.2) is 16.6 Å². The Labute approximate surface area is 133 Å². The summed E-state index contributed by atoms with van der Waals surface area (Å²) < 4.78 is 13.4. The van der Waals surface area contributed by atoms with E-state index in [4.69, 9.17) is 0 Å². The van der Waals surface area contributed by atoms with Crippen molar-refractivity contribution >= 4 is 33.5 Å². The highest BCUT2D eigenvalue weighted by Crippen LogP contribution is 2.32. The van der Waals surface area contributed by atoms with Gasteiger partial charge in [-0.3, -0.25) is 14.9 Å². The van der Waals surface area contributed by atoms with Gasteiger partial charge in [0.15, 0.2) is 0 Å². The van der Waals surface area contributed by atoms with Crippen LogP contribution < -0.4 is 0 Å². The number of nitrogens with zero attached hydrogens (tertiary/aromatic N) is 2. The number of aliphatic carboxylic acids is 1. The molecule has 0 aliphatic carbocycles. The van der Waals surface area contributed by atoms with E-state index < -0.39 is 34.3 Å². The van der Waals surface area contributed by atoms with Gasteiger partial charge in [-0.2, -0.15) is 0 Å². The first-order chi connectivity index (χ1) is 10.3. The number of carbonyl (C=O) groups is 2. The van der Waals surface area contributed by atoms with Crippen molar-refractivity contribution in [2.45, 2.75) is 25.3 Å². The van der Waals surface area contributed by atoms with Crippen molar-refractivity contribution in [2.75, 3.05) is 6.54 Å². The number of rotatable bonds is 3. The third-order valence-corrected chi connectivity index (χ3v) is 4.33. The zero-order valence-corrected chi connectivity index (χ0v) is 12.9. The standard InChI is InChI=1S/C13H12BrFN2O5/c14-11-8(5-7(15)6-10(11)17(21)22)12(18)16-4-2-1-3-9(16)13(19)20/h5-6,9H,1-4H2,(H,19,20). The van der Waals surface area contributed by atoms with Crippen LogP contribution in [-0.4, -0.2) is 39.4 Å². The molecule has 7 nitrogen and oxygen atoms in total. The quantitative estimate of drug-likeness (QED) is 0.647. The van der Waals surface area contributed by atoms with Gasteiger partial charge in [-0.15, -0.1) is 0 Å². The van der Waals surface area contributed by atoms with Crippen molar-refractivity contribution in [3.8, 4) is 0 Å². The largest absolute Gasteiger partial charge is 0.480 e. The molecule has 0 saturated carbocycles. The number of nitro groups is 1. The van der Waals surface area contributed by atoms with Crippen LogP contribution in [0, 0.1) is 15.9 Å². The fraction of sp³-hybridized carbons (Fsp3) is 0.385. The van der Waals surface area contributed by atoms with E-state index in [1.807, 2.05) is 0 Å². The summed E-state index contributed by atoms with van der Waals surface area (Å²) in [5.41, 5.74) is -0.827. The maximum Gasteiger partial charge on any atom is 0.326 e. The van der Waals surface area contributed by atoms with E-state index >= 15 is 0 Å². The lowest BCUT2D eigenvalue weighted by atomic mass is 10.0. The number of nitro benzene ring substituents is 1. The molecule has 1 aromatic carbocycles. The van der Waals surface area contributed by atoms with Crippen LogP contribution in [0.25, 0.3) is 0 Å². The molecule has 1 aliphatic heterocycles. The van der Waals surface area contributed by atoms with Gasteiger partial charge in [-0.1, -0.05) is 0 Å². The van der Waals surface area contributed by atoms with E-state index in [0.29, 0.717) is 25.3 Å². The molecule has 0 bridgehead atoms. The first-order valence-electron chi connectivity index (χ1n) is 6.50. The Bertz CT molecular complexity index is 652. The molecule has 1 saturated heterocycles. The topological polar surface area (TPSA) is 101 Å². The molecule has 1 amide bonds. The molecule has 1 fully saturated rings. The molecule has 0 radical (unpaired) electrons. The first-order valence-corrected chi connectivity index (χ1v) is 7.29. The predicted octanol–water partition coefficient (Wildman–Crippen LogP) is 2.58. The summed E-state index contributed by atoms with van der Waals surface area (Å²) in [5.74, 6) is -2.81. The van der Waals surface area contributed by atoms with Gasteiger partial charge in [-0.25, -0.2) is 9.18 Å². The fourth-order valence-corrected chi connectivity index (χ4v) is 2.99. The Morgan fingerprint density at radius 1 is 1.41 bits per heavy atom. The Balaban J connectivity index is 2.44. The second-order valence-corrected chi connectivity index (χ2v) is 5.68. The van der Waals surface area contributed by atoms with Crippen LogP contribution in [0.1, 0.15) is 29.6 Å². The minimum atomic E-state index is -1.14. The summed E-state index contributed by atoms with van der Waals surface area (Å²) in [6, 6.07) is 0.564. The van der Waals surface area contributed by atoms with Gasteiger partial charge >= 0.3 is 5.97 Å². The Morgan fingerprint density at radius 3 is 2.68 bits per heavy atom. The van der Waals surface area contributed by atoms with E-state index in [0.717, 1.165) is 11.0 Å². The van der Waals surface area contributed by atoms with Gasteiger partial charge in [0.05, 0.1) is 16.6 Å². The van der Waals surface area contributed by atoms with Gasteiger partial charge in [0.25, 0.3) is 11.6 Å². The summed E-state index contributed by atoms with van der Waals surface area (Å²) in [5, 5.41) is 20.1. The van der Waals surface area contributed by atoms with Crippen molar-refractivity contribution in [1.82, 2.24) is 4.90 Å². The predicted molar refractivity (Wildman–Crippen MR) is 77.1 cm³/mol. The minimum absolute atomic E-state index is 0.154. The number of hydrogen-bond acceptors (Lipinski definition) is 4. The Hall–Kier alpha value is -2.03. The minimum Gasteiger partial charge on any atom is -0.480 e. The number of benzene rings is 1. The molecule has 2 rings (SSSR count). The number of carbonyl (C=O) groups excluding carboxylic acids is 1. The van der Waals surface area contributed by atoms with Gasteiger partial charge in [0, 0.05) is 6.54 Å². The van der Waals surface area contributed by atoms with Crippen LogP contribution in [0.2, 0.25) is 0 Å². The highest BCUT2D eigenvalue weighted by atomic mass is 79.9. The van der Waals surface area contributed by atoms with E-state index in [9.17, 15) is 29.2 Å². The van der Waals surface area contributed by atoms with Gasteiger partial charge < -0.3 is 10.0 Å². The molecule has 1 N–H and O–H groups in total. The van der Waals surface area contributed by atoms with Crippen LogP contribution >= 0.6 is 15.9 Å². The molecule has 1 atom stereocenters. The van der Waals surface area contributed by atoms with Crippen molar-refractivity contribution in [3.05, 3.63) is 38.1 Å². The van der Waals surface area contributed by atoms with Crippen molar-refractivity contribution in [3.63, 3.8) is 0 Å². The zero-order valence-electron chi connectivity index (χ0n) is 11.3. The van der Waals surface area contributed by atoms with Gasteiger partial charge in [0.2, 0.25) is 0 Å². The monoisotopic (exact) mass is 374 g/mol. The van der Waals surface area contributed by atoms with Crippen molar-refractivity contribution in [1.29, 1.82) is 0 Å². The highest BCUT2D eigenvalue weighted by Gasteiger charge is 2.34. The lowest BCUT2D eigenvalue weighted by Gasteiger charge is -2.33. The molecule has 9 heteroatoms. The second-order valence-electron chi connectivity index (χ2n) is 4.89. The lowest BCUT2D eigenvalue weighted by Crippen LogP contribution is -2.48. The number of carboxylic acids is 1. The summed E-state index contributed by atoms with van der Waals surface area (Å²) in [6.07, 6.45) is 1.60. The number of likely N-dealkylation sites (tertiary alicyclic amines) is 1. The molecule has 1 aromatic rings. The summed E-state index contributed by atoms with van der Waals surface area (Å²) in [6.45, 7) is 0.215. The first kappa shape index (κ1) is 16.3. The molecule has 118 valence electrons. The van der Waals surface area contributed by atoms with Crippen LogP contribution in [0.4, 0.5) is 10.1 Å². The van der Waals surface area contributed by atoms with Crippen LogP contribution in [-0.2, 0) is 4.79 Å². The average Bonchev–Trinajstić information content (AvgIpc) is 2.48. The van der Waals surface area contributed by atoms with Crippen LogP contribution in [0.3, 0.4) is 0 Å². The molecular weight excluding hydrogens is 363 g/mol. The number of halogens is 2. The highest BCUT2D eigenvalue weighted by molar-refractivity contribution is 9.10. The molecule has 0 aromatic heterocycles. The maximum absolute atomic E-state index is 13.5. The Kier molecular flexibility index (Phi) is 4.74. The molecule has 1 heterocycles. The zero-order chi connectivity index (χ0) is 16.4. The molecule has 22 heavy (non-hydrogen) atoms. The third-order valence-electron chi connectivity index (χ3n) is 3.49. The van der Waals surface area contributed by atoms with Gasteiger partial charge in [-0.05, 0) is 41.3 Å². The molecular formula is C13H12BrFN2O5. The van der Waals surface area contributed by atoms with E-state index in [-0.39, 0.29) is 16.6 Å². The second kappa shape index (κ2) is 6.39. The fourth-order valence-electron chi connectivity index (χ4n) is 2.45. The Morgan fingerprint density at radius 2 is 2.09 bits per heavy atom. The van der Waals surface area contributed by atoms with Crippen molar-refractivity contribution < 1.29 is 24.0 Å². The maximum atomic E-state index is 13.5. The summed E-state index contributed by atoms with van der Waals surface area (Å²) >= 11 is 2.94.